The van der Waals surface area contributed by atoms with Gasteiger partial charge < -0.3 is 21.7 Å². The number of hydrogen-bond donors (Lipinski definition) is 4. The van der Waals surface area contributed by atoms with Crippen molar-refractivity contribution in [3.63, 3.8) is 0 Å². The number of ketones is 1. The van der Waals surface area contributed by atoms with Gasteiger partial charge in [0.05, 0.1) is 11.8 Å². The molecule has 0 atom stereocenters. The molecule has 10 nitrogen and oxygen atoms in total. The Balaban J connectivity index is 0.000000193. The molecule has 0 fully saturated rings. The van der Waals surface area contributed by atoms with Gasteiger partial charge in [0, 0.05) is 38.0 Å². The second-order valence-electron chi connectivity index (χ2n) is 7.11. The summed E-state index contributed by atoms with van der Waals surface area (Å²) in [4.78, 5) is 30.1. The molecule has 0 radical (unpaired) electrons. The molecule has 2 aliphatic rings. The lowest BCUT2D eigenvalue weighted by Gasteiger charge is -2.21. The number of aliphatic imine (C=N–C) groups is 1. The Morgan fingerprint density at radius 3 is 2.75 bits per heavy atom. The van der Waals surface area contributed by atoms with Crippen LogP contribution in [0.1, 0.15) is 17.5 Å². The lowest BCUT2D eigenvalue weighted by atomic mass is 9.89. The maximum atomic E-state index is 12.0. The SMILES string of the molecule is CN1CC=CN=C1n1nccc1N.N=C1C(=O)C(C(=O)NCCCN)=Cc2ccccc21. The number of carbonyl (C=O) groups is 2. The Kier molecular flexibility index (Phi) is 7.29. The maximum Gasteiger partial charge on any atom is 0.255 e. The highest BCUT2D eigenvalue weighted by atomic mass is 16.2. The monoisotopic (exact) mass is 434 g/mol. The lowest BCUT2D eigenvalue weighted by Crippen LogP contribution is -2.35. The fourth-order valence-electron chi connectivity index (χ4n) is 3.10. The Bertz CT molecular complexity index is 1110. The van der Waals surface area contributed by atoms with Crippen LogP contribution in [0.15, 0.2) is 59.4 Å². The van der Waals surface area contributed by atoms with Crippen LogP contribution in [0.3, 0.4) is 0 Å². The summed E-state index contributed by atoms with van der Waals surface area (Å²) in [5, 5.41) is 14.5. The standard InChI is InChI=1S/C14H15N3O2.C8H11N5/c15-6-3-7-17-14(19)11-8-9-4-1-2-5-10(9)12(16)13(11)18;1-12-6-2-4-10-8(12)13-7(9)3-5-11-13/h1-2,4-5,8,16H,3,6-7,15H2,(H,17,19);2-5H,6,9H2,1H3. The summed E-state index contributed by atoms with van der Waals surface area (Å²) >= 11 is 0. The molecule has 0 unspecified atom stereocenters. The number of rotatable bonds is 4. The molecule has 2 aromatic rings. The second-order valence-corrected chi connectivity index (χ2v) is 7.11. The molecule has 1 aromatic heterocycles. The second kappa shape index (κ2) is 10.3. The number of nitrogens with zero attached hydrogens (tertiary/aromatic N) is 4. The van der Waals surface area contributed by atoms with E-state index in [1.54, 1.807) is 41.3 Å². The van der Waals surface area contributed by atoms with E-state index in [0.717, 1.165) is 18.1 Å². The van der Waals surface area contributed by atoms with Gasteiger partial charge in [-0.1, -0.05) is 24.3 Å². The molecule has 1 aliphatic carbocycles. The van der Waals surface area contributed by atoms with Crippen molar-refractivity contribution < 1.29 is 9.59 Å². The van der Waals surface area contributed by atoms with Gasteiger partial charge in [-0.15, -0.1) is 0 Å². The average molecular weight is 435 g/mol. The number of anilines is 1. The fraction of sp³-hybridized carbons (Fsp3) is 0.227. The molecule has 0 spiro atoms. The number of carbonyl (C=O) groups excluding carboxylic acids is 2. The van der Waals surface area contributed by atoms with Gasteiger partial charge in [-0.3, -0.25) is 15.0 Å². The summed E-state index contributed by atoms with van der Waals surface area (Å²) in [5.41, 5.74) is 12.2. The van der Waals surface area contributed by atoms with Crippen LogP contribution < -0.4 is 16.8 Å². The molecule has 2 heterocycles. The van der Waals surface area contributed by atoms with Crippen LogP contribution in [0, 0.1) is 5.41 Å². The van der Waals surface area contributed by atoms with E-state index in [4.69, 9.17) is 16.9 Å². The number of nitrogens with two attached hydrogens (primary N) is 2. The molecule has 1 aromatic carbocycles. The molecule has 10 heteroatoms. The van der Waals surface area contributed by atoms with Crippen LogP contribution in [-0.4, -0.2) is 64.7 Å². The Morgan fingerprint density at radius 2 is 2.06 bits per heavy atom. The number of hydrogen-bond acceptors (Lipinski definition) is 8. The summed E-state index contributed by atoms with van der Waals surface area (Å²) in [6, 6.07) is 8.80. The molecule has 4 rings (SSSR count). The van der Waals surface area contributed by atoms with Crippen LogP contribution in [0.4, 0.5) is 5.82 Å². The molecule has 32 heavy (non-hydrogen) atoms. The first-order valence-corrected chi connectivity index (χ1v) is 10.1. The molecule has 1 aliphatic heterocycles. The van der Waals surface area contributed by atoms with Crippen molar-refractivity contribution in [1.29, 1.82) is 5.41 Å². The van der Waals surface area contributed by atoms with E-state index in [-0.39, 0.29) is 11.3 Å². The summed E-state index contributed by atoms with van der Waals surface area (Å²) in [6.07, 6.45) is 7.58. The fourth-order valence-corrected chi connectivity index (χ4v) is 3.10. The van der Waals surface area contributed by atoms with Crippen LogP contribution in [0.2, 0.25) is 0 Å². The van der Waals surface area contributed by atoms with Gasteiger partial charge in [-0.25, -0.2) is 4.99 Å². The van der Waals surface area contributed by atoms with Gasteiger partial charge in [0.1, 0.15) is 11.5 Å². The van der Waals surface area contributed by atoms with Crippen molar-refractivity contribution in [2.75, 3.05) is 32.4 Å². The van der Waals surface area contributed by atoms with Crippen molar-refractivity contribution in [1.82, 2.24) is 20.0 Å². The van der Waals surface area contributed by atoms with E-state index in [2.05, 4.69) is 15.4 Å². The van der Waals surface area contributed by atoms with Gasteiger partial charge in [-0.2, -0.15) is 9.78 Å². The van der Waals surface area contributed by atoms with Gasteiger partial charge >= 0.3 is 0 Å². The lowest BCUT2D eigenvalue weighted by molar-refractivity contribution is -0.120. The number of aromatic nitrogens is 2. The Hall–Kier alpha value is -4.05. The van der Waals surface area contributed by atoms with Crippen molar-refractivity contribution in [3.05, 3.63) is 65.5 Å². The highest BCUT2D eigenvalue weighted by molar-refractivity contribution is 6.57. The highest BCUT2D eigenvalue weighted by Crippen LogP contribution is 2.21. The van der Waals surface area contributed by atoms with Gasteiger partial charge in [0.2, 0.25) is 11.7 Å². The van der Waals surface area contributed by atoms with Crippen LogP contribution in [0.25, 0.3) is 6.08 Å². The van der Waals surface area contributed by atoms with Crippen molar-refractivity contribution in [3.8, 4) is 0 Å². The summed E-state index contributed by atoms with van der Waals surface area (Å²) in [7, 11) is 1.95. The molecular weight excluding hydrogens is 408 g/mol. The van der Waals surface area contributed by atoms with Crippen molar-refractivity contribution >= 4 is 35.3 Å². The minimum Gasteiger partial charge on any atom is -0.383 e. The molecule has 166 valence electrons. The third-order valence-corrected chi connectivity index (χ3v) is 4.79. The summed E-state index contributed by atoms with van der Waals surface area (Å²) < 4.78 is 1.61. The predicted octanol–water partition coefficient (Wildman–Crippen LogP) is 0.614. The van der Waals surface area contributed by atoms with Crippen LogP contribution in [-0.2, 0) is 9.59 Å². The van der Waals surface area contributed by atoms with E-state index in [0.29, 0.717) is 30.9 Å². The molecule has 1 amide bonds. The average Bonchev–Trinajstić information content (AvgIpc) is 3.22. The highest BCUT2D eigenvalue weighted by Gasteiger charge is 2.28. The van der Waals surface area contributed by atoms with Crippen molar-refractivity contribution in [2.45, 2.75) is 6.42 Å². The number of benzene rings is 1. The minimum absolute atomic E-state index is 0.0146. The third-order valence-electron chi connectivity index (χ3n) is 4.79. The first-order chi connectivity index (χ1) is 15.4. The van der Waals surface area contributed by atoms with E-state index in [9.17, 15) is 9.59 Å². The maximum absolute atomic E-state index is 12.0. The number of Topliss-reactive ketones (excluding diaryl/α,β-unsaturated/α-hetero) is 1. The summed E-state index contributed by atoms with van der Waals surface area (Å²) in [5.74, 6) is 0.368. The van der Waals surface area contributed by atoms with Gasteiger partial charge in [0.15, 0.2) is 0 Å². The largest absolute Gasteiger partial charge is 0.383 e. The number of likely N-dealkylation sites (N-methyl/N-ethyl adjacent to an activating group) is 1. The Morgan fingerprint density at radius 1 is 1.28 bits per heavy atom. The number of nitrogen functional groups attached to an aromatic ring is 1. The van der Waals surface area contributed by atoms with E-state index >= 15 is 0 Å². The summed E-state index contributed by atoms with van der Waals surface area (Å²) in [6.45, 7) is 1.74. The third kappa shape index (κ3) is 4.98. The molecular formula is C22H26N8O2. The number of nitrogens with one attached hydrogen (secondary N) is 2. The zero-order valence-corrected chi connectivity index (χ0v) is 17.8. The van der Waals surface area contributed by atoms with Crippen LogP contribution >= 0.6 is 0 Å². The minimum atomic E-state index is -0.538. The zero-order chi connectivity index (χ0) is 23.1. The first-order valence-electron chi connectivity index (χ1n) is 10.1. The molecule has 0 bridgehead atoms. The van der Waals surface area contributed by atoms with E-state index in [1.807, 2.05) is 24.1 Å². The smallest absolute Gasteiger partial charge is 0.255 e. The predicted molar refractivity (Wildman–Crippen MR) is 124 cm³/mol. The molecule has 0 saturated heterocycles. The first kappa shape index (κ1) is 22.6. The topological polar surface area (TPSA) is 155 Å². The molecule has 6 N–H and O–H groups in total. The molecule has 0 saturated carbocycles. The Labute approximate surface area is 185 Å². The number of amides is 1. The van der Waals surface area contributed by atoms with Gasteiger partial charge in [0.25, 0.3) is 5.91 Å². The van der Waals surface area contributed by atoms with Gasteiger partial charge in [-0.05, 0) is 30.7 Å². The van der Waals surface area contributed by atoms with E-state index in [1.165, 1.54) is 6.08 Å². The zero-order valence-electron chi connectivity index (χ0n) is 17.8. The van der Waals surface area contributed by atoms with E-state index < -0.39 is 11.7 Å². The van der Waals surface area contributed by atoms with Crippen LogP contribution in [0.5, 0.6) is 0 Å². The normalized spacial score (nSPS) is 14.8. The van der Waals surface area contributed by atoms with Crippen molar-refractivity contribution in [2.24, 2.45) is 10.7 Å². The number of fused-ring (bicyclic) bond motifs is 1. The quantitative estimate of drug-likeness (QED) is 0.408.